The second kappa shape index (κ2) is 12.0. The van der Waals surface area contributed by atoms with Gasteiger partial charge in [-0.3, -0.25) is 19.9 Å². The molecule has 2 atom stereocenters. The molecule has 0 radical (unpaired) electrons. The molecule has 2 fully saturated rings. The number of amides is 1. The highest BCUT2D eigenvalue weighted by molar-refractivity contribution is 7.16. The third kappa shape index (κ3) is 6.12. The van der Waals surface area contributed by atoms with Gasteiger partial charge in [-0.2, -0.15) is 0 Å². The van der Waals surface area contributed by atoms with E-state index in [1.165, 1.54) is 28.8 Å². The Kier molecular flexibility index (Phi) is 8.47. The third-order valence-corrected chi connectivity index (χ3v) is 9.27. The smallest absolute Gasteiger partial charge is 0.277 e. The molecule has 0 spiro atoms. The van der Waals surface area contributed by atoms with Gasteiger partial charge in [0, 0.05) is 71.9 Å². The van der Waals surface area contributed by atoms with Gasteiger partial charge in [-0.25, -0.2) is 15.0 Å². The topological polar surface area (TPSA) is 94.6 Å². The van der Waals surface area contributed by atoms with Crippen molar-refractivity contribution in [2.45, 2.75) is 58.7 Å². The number of rotatable bonds is 9. The fourth-order valence-corrected chi connectivity index (χ4v) is 6.93. The van der Waals surface area contributed by atoms with Crippen molar-refractivity contribution in [1.29, 1.82) is 0 Å². The van der Waals surface area contributed by atoms with Crippen molar-refractivity contribution in [3.8, 4) is 11.3 Å². The van der Waals surface area contributed by atoms with Crippen LogP contribution in [0.25, 0.3) is 11.3 Å². The van der Waals surface area contributed by atoms with Gasteiger partial charge >= 0.3 is 0 Å². The predicted molar refractivity (Wildman–Crippen MR) is 153 cm³/mol. The summed E-state index contributed by atoms with van der Waals surface area (Å²) < 4.78 is 0. The fourth-order valence-electron chi connectivity index (χ4n) is 5.23. The van der Waals surface area contributed by atoms with Gasteiger partial charge in [0.15, 0.2) is 5.13 Å². The number of anilines is 2. The SMILES string of the molecule is Cc1cc(-c2nc(NC(=O)c3cnc(N4CCN(CCC=O)C(C)C4)cn3)sc2CN2CCCC2C)cs1. The van der Waals surface area contributed by atoms with E-state index in [9.17, 15) is 9.59 Å². The lowest BCUT2D eigenvalue weighted by molar-refractivity contribution is -0.108. The number of aryl methyl sites for hydroxylation is 1. The minimum absolute atomic E-state index is 0.268. The number of nitrogens with zero attached hydrogens (tertiary/aromatic N) is 6. The maximum atomic E-state index is 13.1. The largest absolute Gasteiger partial charge is 0.353 e. The van der Waals surface area contributed by atoms with E-state index in [0.717, 1.165) is 62.6 Å². The Morgan fingerprint density at radius 3 is 2.68 bits per heavy atom. The van der Waals surface area contributed by atoms with E-state index < -0.39 is 0 Å². The highest BCUT2D eigenvalue weighted by atomic mass is 32.1. The Balaban J connectivity index is 1.26. The van der Waals surface area contributed by atoms with Gasteiger partial charge in [0.25, 0.3) is 5.91 Å². The summed E-state index contributed by atoms with van der Waals surface area (Å²) in [6.07, 6.45) is 7.18. The molecule has 3 aromatic rings. The Hall–Kier alpha value is -2.73. The molecule has 11 heteroatoms. The summed E-state index contributed by atoms with van der Waals surface area (Å²) >= 11 is 3.26. The quantitative estimate of drug-likeness (QED) is 0.392. The highest BCUT2D eigenvalue weighted by Crippen LogP contribution is 2.36. The van der Waals surface area contributed by atoms with E-state index >= 15 is 0 Å². The second-order valence-corrected chi connectivity index (χ2v) is 12.4. The molecule has 1 N–H and O–H groups in total. The maximum Gasteiger partial charge on any atom is 0.277 e. The zero-order valence-electron chi connectivity index (χ0n) is 22.2. The molecule has 5 rings (SSSR count). The van der Waals surface area contributed by atoms with Gasteiger partial charge < -0.3 is 9.69 Å². The molecule has 5 heterocycles. The molecular weight excluding hydrogens is 518 g/mol. The van der Waals surface area contributed by atoms with Crippen molar-refractivity contribution in [2.75, 3.05) is 42.9 Å². The summed E-state index contributed by atoms with van der Waals surface area (Å²) in [5, 5.41) is 5.69. The van der Waals surface area contributed by atoms with Crippen LogP contribution in [0.3, 0.4) is 0 Å². The van der Waals surface area contributed by atoms with Gasteiger partial charge in [0.1, 0.15) is 17.8 Å². The molecule has 202 valence electrons. The summed E-state index contributed by atoms with van der Waals surface area (Å²) in [6.45, 7) is 11.7. The van der Waals surface area contributed by atoms with E-state index in [1.54, 1.807) is 28.9 Å². The molecule has 2 aliphatic heterocycles. The van der Waals surface area contributed by atoms with Crippen molar-refractivity contribution in [3.05, 3.63) is 39.3 Å². The minimum Gasteiger partial charge on any atom is -0.353 e. The van der Waals surface area contributed by atoms with Crippen molar-refractivity contribution >= 4 is 45.8 Å². The first-order chi connectivity index (χ1) is 18.4. The van der Waals surface area contributed by atoms with E-state index in [4.69, 9.17) is 4.98 Å². The molecular formula is C27H35N7O2S2. The van der Waals surface area contributed by atoms with Gasteiger partial charge in [-0.15, -0.1) is 11.3 Å². The second-order valence-electron chi connectivity index (χ2n) is 10.2. The average Bonchev–Trinajstić information content (AvgIpc) is 3.64. The maximum absolute atomic E-state index is 13.1. The average molecular weight is 554 g/mol. The van der Waals surface area contributed by atoms with Crippen molar-refractivity contribution < 1.29 is 9.59 Å². The molecule has 1 amide bonds. The molecule has 2 saturated heterocycles. The number of aldehydes is 1. The van der Waals surface area contributed by atoms with Crippen molar-refractivity contribution in [2.24, 2.45) is 0 Å². The van der Waals surface area contributed by atoms with Crippen LogP contribution in [0.1, 0.15) is 53.4 Å². The number of likely N-dealkylation sites (tertiary alicyclic amines) is 1. The summed E-state index contributed by atoms with van der Waals surface area (Å²) in [6, 6.07) is 3.04. The molecule has 38 heavy (non-hydrogen) atoms. The number of carbonyl (C=O) groups is 2. The van der Waals surface area contributed by atoms with E-state index in [2.05, 4.69) is 62.2 Å². The summed E-state index contributed by atoms with van der Waals surface area (Å²) in [4.78, 5) is 47.0. The molecule has 2 unspecified atom stereocenters. The Morgan fingerprint density at radius 2 is 2.03 bits per heavy atom. The molecule has 9 nitrogen and oxygen atoms in total. The number of carbonyl (C=O) groups excluding carboxylic acids is 2. The van der Waals surface area contributed by atoms with Crippen LogP contribution in [0.2, 0.25) is 0 Å². The Morgan fingerprint density at radius 1 is 1.16 bits per heavy atom. The summed E-state index contributed by atoms with van der Waals surface area (Å²) in [5.74, 6) is 0.453. The Labute approximate surface area is 231 Å². The monoisotopic (exact) mass is 553 g/mol. The predicted octanol–water partition coefficient (Wildman–Crippen LogP) is 4.31. The molecule has 0 bridgehead atoms. The molecule has 0 aliphatic carbocycles. The zero-order chi connectivity index (χ0) is 26.6. The van der Waals surface area contributed by atoms with E-state index in [0.29, 0.717) is 23.6 Å². The minimum atomic E-state index is -0.306. The van der Waals surface area contributed by atoms with Crippen LogP contribution in [0.5, 0.6) is 0 Å². The first kappa shape index (κ1) is 26.9. The van der Waals surface area contributed by atoms with Crippen LogP contribution in [-0.2, 0) is 11.3 Å². The normalized spacial score (nSPS) is 20.7. The third-order valence-electron chi connectivity index (χ3n) is 7.45. The summed E-state index contributed by atoms with van der Waals surface area (Å²) in [7, 11) is 0. The lowest BCUT2D eigenvalue weighted by Crippen LogP contribution is -2.52. The van der Waals surface area contributed by atoms with Crippen LogP contribution >= 0.6 is 22.7 Å². The number of aromatic nitrogens is 3. The van der Waals surface area contributed by atoms with Crippen LogP contribution in [0.4, 0.5) is 10.9 Å². The van der Waals surface area contributed by atoms with Crippen molar-refractivity contribution in [3.63, 3.8) is 0 Å². The lowest BCUT2D eigenvalue weighted by atomic mass is 10.2. The lowest BCUT2D eigenvalue weighted by Gasteiger charge is -2.40. The van der Waals surface area contributed by atoms with Crippen molar-refractivity contribution in [1.82, 2.24) is 24.8 Å². The van der Waals surface area contributed by atoms with Gasteiger partial charge in [0.2, 0.25) is 0 Å². The van der Waals surface area contributed by atoms with E-state index in [-0.39, 0.29) is 11.6 Å². The number of thiazole rings is 1. The number of thiophene rings is 1. The zero-order valence-corrected chi connectivity index (χ0v) is 23.9. The van der Waals surface area contributed by atoms with Crippen LogP contribution < -0.4 is 10.2 Å². The highest BCUT2D eigenvalue weighted by Gasteiger charge is 2.26. The summed E-state index contributed by atoms with van der Waals surface area (Å²) in [5.41, 5.74) is 2.33. The number of hydrogen-bond acceptors (Lipinski definition) is 10. The fraction of sp³-hybridized carbons (Fsp3) is 0.519. The Bertz CT molecular complexity index is 1260. The number of piperazine rings is 1. The molecule has 0 aromatic carbocycles. The first-order valence-electron chi connectivity index (χ1n) is 13.3. The van der Waals surface area contributed by atoms with Crippen LogP contribution in [0, 0.1) is 6.92 Å². The van der Waals surface area contributed by atoms with Gasteiger partial charge in [-0.05, 0) is 46.2 Å². The standard InChI is InChI=1S/C27H35N7O2S2/c1-18-6-4-7-33(18)16-23-25(21-12-20(3)37-17-21)30-27(38-23)31-26(36)22-13-29-24(14-28-22)34-10-9-32(8-5-11-35)19(2)15-34/h11-14,17-19H,4-10,15-16H2,1-3H3,(H,30,31,36). The first-order valence-corrected chi connectivity index (χ1v) is 15.0. The number of nitrogens with one attached hydrogen (secondary N) is 1. The molecule has 3 aromatic heterocycles. The van der Waals surface area contributed by atoms with Gasteiger partial charge in [0.05, 0.1) is 18.1 Å². The van der Waals surface area contributed by atoms with E-state index in [1.807, 2.05) is 0 Å². The molecule has 0 saturated carbocycles. The number of hydrogen-bond donors (Lipinski definition) is 1. The molecule has 2 aliphatic rings. The van der Waals surface area contributed by atoms with Gasteiger partial charge in [-0.1, -0.05) is 11.3 Å². The van der Waals surface area contributed by atoms with Crippen LogP contribution in [-0.4, -0.2) is 81.8 Å². The van der Waals surface area contributed by atoms with Crippen LogP contribution in [0.15, 0.2) is 23.8 Å².